The van der Waals surface area contributed by atoms with Crippen LogP contribution in [0.5, 0.6) is 0 Å². The van der Waals surface area contributed by atoms with Crippen LogP contribution >= 0.6 is 0 Å². The molecular formula is C20H14F5N3O2S. The molecule has 0 unspecified atom stereocenters. The van der Waals surface area contributed by atoms with Crippen molar-refractivity contribution >= 4 is 15.7 Å². The molecule has 1 saturated carbocycles. The molecule has 2 aliphatic rings. The number of anilines is 1. The van der Waals surface area contributed by atoms with Crippen LogP contribution in [0.4, 0.5) is 27.6 Å². The van der Waals surface area contributed by atoms with Gasteiger partial charge in [-0.2, -0.15) is 18.3 Å². The third kappa shape index (κ3) is 3.10. The van der Waals surface area contributed by atoms with Crippen LogP contribution in [0.1, 0.15) is 30.0 Å². The van der Waals surface area contributed by atoms with Crippen LogP contribution in [0.2, 0.25) is 0 Å². The van der Waals surface area contributed by atoms with Gasteiger partial charge in [-0.15, -0.1) is 0 Å². The fraction of sp³-hybridized carbons (Fsp3) is 0.250. The van der Waals surface area contributed by atoms with Crippen LogP contribution in [-0.2, 0) is 16.2 Å². The Morgan fingerprint density at radius 3 is 2.29 bits per heavy atom. The number of alkyl halides is 3. The average molecular weight is 455 g/mol. The molecule has 0 radical (unpaired) electrons. The van der Waals surface area contributed by atoms with E-state index in [0.717, 1.165) is 28.6 Å². The molecule has 5 rings (SSSR count). The Bertz CT molecular complexity index is 1280. The van der Waals surface area contributed by atoms with E-state index >= 15 is 0 Å². The number of sulfonamides is 1. The molecule has 0 saturated heterocycles. The predicted molar refractivity (Wildman–Crippen MR) is 101 cm³/mol. The molecule has 1 aromatic heterocycles. The molecule has 11 heteroatoms. The highest BCUT2D eigenvalue weighted by atomic mass is 32.2. The van der Waals surface area contributed by atoms with Crippen molar-refractivity contribution in [1.82, 2.24) is 10.2 Å². The van der Waals surface area contributed by atoms with Crippen molar-refractivity contribution in [3.63, 3.8) is 0 Å². The molecule has 1 aliphatic heterocycles. The van der Waals surface area contributed by atoms with Crippen LogP contribution in [0.25, 0.3) is 11.3 Å². The van der Waals surface area contributed by atoms with E-state index < -0.39 is 39.4 Å². The second-order valence-corrected chi connectivity index (χ2v) is 9.40. The first-order chi connectivity index (χ1) is 14.6. The molecule has 3 aromatic rings. The molecule has 0 amide bonds. The van der Waals surface area contributed by atoms with Gasteiger partial charge in [0.05, 0.1) is 34.1 Å². The van der Waals surface area contributed by atoms with Gasteiger partial charge in [0.15, 0.2) is 11.6 Å². The summed E-state index contributed by atoms with van der Waals surface area (Å²) < 4.78 is 95.0. The van der Waals surface area contributed by atoms with Gasteiger partial charge in [-0.25, -0.2) is 17.2 Å². The Morgan fingerprint density at radius 1 is 1.03 bits per heavy atom. The zero-order valence-corrected chi connectivity index (χ0v) is 16.4. The Balaban J connectivity index is 1.71. The molecule has 5 nitrogen and oxygen atoms in total. The molecule has 1 atom stereocenters. The van der Waals surface area contributed by atoms with E-state index in [1.807, 2.05) is 0 Å². The minimum absolute atomic E-state index is 0.0816. The monoisotopic (exact) mass is 455 g/mol. The summed E-state index contributed by atoms with van der Waals surface area (Å²) in [6.07, 6.45) is -1.75. The quantitative estimate of drug-likeness (QED) is 0.563. The summed E-state index contributed by atoms with van der Waals surface area (Å²) >= 11 is 0. The van der Waals surface area contributed by atoms with Gasteiger partial charge < -0.3 is 0 Å². The summed E-state index contributed by atoms with van der Waals surface area (Å²) in [5, 5.41) is 6.68. The van der Waals surface area contributed by atoms with Gasteiger partial charge in [0.1, 0.15) is 0 Å². The summed E-state index contributed by atoms with van der Waals surface area (Å²) in [6, 6.07) is 4.04. The number of nitrogens with zero attached hydrogens (tertiary/aromatic N) is 2. The van der Waals surface area contributed by atoms with Crippen molar-refractivity contribution in [3.05, 3.63) is 65.4 Å². The first-order valence-corrected chi connectivity index (χ1v) is 10.8. The van der Waals surface area contributed by atoms with Gasteiger partial charge in [0, 0.05) is 17.2 Å². The SMILES string of the molecule is O=S(=O)(c1ccc(C(F)(F)F)cc1)N1c2cc(F)c(F)cc2-c2[nH]ncc2[C@H]1C1CC1. The summed E-state index contributed by atoms with van der Waals surface area (Å²) in [4.78, 5) is -0.381. The summed E-state index contributed by atoms with van der Waals surface area (Å²) in [7, 11) is -4.41. The zero-order chi connectivity index (χ0) is 22.1. The van der Waals surface area contributed by atoms with E-state index in [9.17, 15) is 30.4 Å². The number of fused-ring (bicyclic) bond motifs is 3. The van der Waals surface area contributed by atoms with Gasteiger partial charge in [-0.05, 0) is 49.1 Å². The number of hydrogen-bond acceptors (Lipinski definition) is 3. The van der Waals surface area contributed by atoms with E-state index in [1.165, 1.54) is 6.20 Å². The second kappa shape index (κ2) is 6.52. The fourth-order valence-electron chi connectivity index (χ4n) is 4.00. The normalized spacial score (nSPS) is 18.6. The van der Waals surface area contributed by atoms with Crippen LogP contribution in [-0.4, -0.2) is 18.6 Å². The lowest BCUT2D eigenvalue weighted by atomic mass is 9.93. The Kier molecular flexibility index (Phi) is 4.20. The third-order valence-corrected chi connectivity index (χ3v) is 7.40. The molecule has 0 bridgehead atoms. The number of benzene rings is 2. The predicted octanol–water partition coefficient (Wildman–Crippen LogP) is 5.03. The van der Waals surface area contributed by atoms with E-state index in [4.69, 9.17) is 0 Å². The standard InChI is InChI=1S/C20H14F5N3O2S/c21-15-7-13-17(8-16(15)22)28(19(10-1-2-10)14-9-26-27-18(13)14)31(29,30)12-5-3-11(4-6-12)20(23,24)25/h3-10,19H,1-2H2,(H,26,27)/t19-/m1/s1. The smallest absolute Gasteiger partial charge is 0.277 e. The molecule has 1 fully saturated rings. The third-order valence-electron chi connectivity index (χ3n) is 5.59. The molecule has 2 aromatic carbocycles. The average Bonchev–Trinajstić information content (AvgIpc) is 3.43. The van der Waals surface area contributed by atoms with Gasteiger partial charge in [-0.1, -0.05) is 0 Å². The van der Waals surface area contributed by atoms with E-state index in [0.29, 0.717) is 36.2 Å². The lowest BCUT2D eigenvalue weighted by Gasteiger charge is -2.37. The molecule has 1 aliphatic carbocycles. The first-order valence-electron chi connectivity index (χ1n) is 9.33. The topological polar surface area (TPSA) is 66.1 Å². The second-order valence-electron chi connectivity index (χ2n) is 7.59. The van der Waals surface area contributed by atoms with Crippen LogP contribution in [0, 0.1) is 17.6 Å². The maximum atomic E-state index is 14.2. The zero-order valence-electron chi connectivity index (χ0n) is 15.6. The minimum atomic E-state index is -4.62. The van der Waals surface area contributed by atoms with Crippen molar-refractivity contribution < 1.29 is 30.4 Å². The van der Waals surface area contributed by atoms with Gasteiger partial charge >= 0.3 is 6.18 Å². The number of halogens is 5. The van der Waals surface area contributed by atoms with Crippen molar-refractivity contribution in [2.45, 2.75) is 30.0 Å². The highest BCUT2D eigenvalue weighted by molar-refractivity contribution is 7.92. The van der Waals surface area contributed by atoms with E-state index in [-0.39, 0.29) is 22.1 Å². The lowest BCUT2D eigenvalue weighted by Crippen LogP contribution is -2.38. The molecule has 2 heterocycles. The first kappa shape index (κ1) is 20.0. The number of rotatable bonds is 3. The fourth-order valence-corrected chi connectivity index (χ4v) is 5.70. The van der Waals surface area contributed by atoms with Gasteiger partial charge in [0.25, 0.3) is 10.0 Å². The molecule has 0 spiro atoms. The van der Waals surface area contributed by atoms with Gasteiger partial charge in [-0.3, -0.25) is 9.40 Å². The number of aromatic amines is 1. The van der Waals surface area contributed by atoms with Crippen molar-refractivity contribution in [1.29, 1.82) is 0 Å². The number of nitrogens with one attached hydrogen (secondary N) is 1. The maximum Gasteiger partial charge on any atom is 0.416 e. The van der Waals surface area contributed by atoms with Crippen LogP contribution < -0.4 is 4.31 Å². The number of H-pyrrole nitrogens is 1. The minimum Gasteiger partial charge on any atom is -0.277 e. The van der Waals surface area contributed by atoms with Crippen molar-refractivity contribution in [3.8, 4) is 11.3 Å². The van der Waals surface area contributed by atoms with E-state index in [1.54, 1.807) is 0 Å². The largest absolute Gasteiger partial charge is 0.416 e. The Labute approximate surface area is 173 Å². The maximum absolute atomic E-state index is 14.2. The lowest BCUT2D eigenvalue weighted by molar-refractivity contribution is -0.137. The summed E-state index contributed by atoms with van der Waals surface area (Å²) in [5.41, 5.74) is -0.0677. The highest BCUT2D eigenvalue weighted by Crippen LogP contribution is 2.55. The van der Waals surface area contributed by atoms with Crippen LogP contribution in [0.15, 0.2) is 47.5 Å². The van der Waals surface area contributed by atoms with Crippen molar-refractivity contribution in [2.24, 2.45) is 5.92 Å². The van der Waals surface area contributed by atoms with Gasteiger partial charge in [0.2, 0.25) is 0 Å². The molecule has 31 heavy (non-hydrogen) atoms. The molecule has 1 N–H and O–H groups in total. The molecular weight excluding hydrogens is 441 g/mol. The van der Waals surface area contributed by atoms with Crippen molar-refractivity contribution in [2.75, 3.05) is 4.31 Å². The number of aromatic nitrogens is 2. The van der Waals surface area contributed by atoms with E-state index in [2.05, 4.69) is 10.2 Å². The summed E-state index contributed by atoms with van der Waals surface area (Å²) in [5.74, 6) is -2.47. The molecule has 162 valence electrons. The Morgan fingerprint density at radius 2 is 1.68 bits per heavy atom. The summed E-state index contributed by atoms with van der Waals surface area (Å²) in [6.45, 7) is 0. The highest BCUT2D eigenvalue weighted by Gasteiger charge is 2.47. The Hall–Kier alpha value is -2.95. The number of hydrogen-bond donors (Lipinski definition) is 1. The van der Waals surface area contributed by atoms with Crippen LogP contribution in [0.3, 0.4) is 0 Å².